The van der Waals surface area contributed by atoms with Crippen molar-refractivity contribution in [2.45, 2.75) is 193 Å². The van der Waals surface area contributed by atoms with Crippen molar-refractivity contribution in [3.05, 3.63) is 48.6 Å². The Hall–Kier alpha value is -1.74. The second-order valence-corrected chi connectivity index (χ2v) is 14.8. The van der Waals surface area contributed by atoms with Gasteiger partial charge in [-0.25, -0.2) is 0 Å². The Morgan fingerprint density at radius 3 is 1.54 bits per heavy atom. The molecule has 0 aromatic rings. The molecule has 3 unspecified atom stereocenters. The van der Waals surface area contributed by atoms with E-state index in [1.165, 1.54) is 89.5 Å². The molecule has 280 valence electrons. The largest absolute Gasteiger partial charge is 0.387 e. The molecule has 1 amide bonds. The summed E-state index contributed by atoms with van der Waals surface area (Å²) in [5, 5.41) is 23.2. The predicted molar refractivity (Wildman–Crippen MR) is 204 cm³/mol. The van der Waals surface area contributed by atoms with Crippen molar-refractivity contribution < 1.29 is 28.0 Å². The number of amides is 1. The van der Waals surface area contributed by atoms with Gasteiger partial charge in [0.15, 0.2) is 0 Å². The summed E-state index contributed by atoms with van der Waals surface area (Å²) in [6, 6.07) is -1.25. The summed E-state index contributed by atoms with van der Waals surface area (Å²) in [5.74, 6) is -1.57. The lowest BCUT2D eigenvalue weighted by Gasteiger charge is -2.22. The van der Waals surface area contributed by atoms with E-state index in [-0.39, 0.29) is 6.42 Å². The standard InChI is InChI=1S/C40H73NO6S/c1-3-5-7-9-11-13-14-15-16-17-18-19-20-21-22-23-24-25-27-29-31-33-35-39(43)40(44)41-37(36-48(45,46)47)38(42)34-32-30-28-26-12-10-8-6-4-2/h12,18-19,21-22,26,32,34,37-39,42-43H,3-11,13-17,20,23-25,27-31,33,35-36H2,1-2H3,(H,41,44)(H,45,46,47)/b19-18-,22-21-,26-12+,34-32+. The van der Waals surface area contributed by atoms with Crippen LogP contribution in [0.2, 0.25) is 0 Å². The smallest absolute Gasteiger partial charge is 0.267 e. The van der Waals surface area contributed by atoms with Crippen molar-refractivity contribution >= 4 is 16.0 Å². The molecular formula is C40H73NO6S. The number of hydrogen-bond donors (Lipinski definition) is 4. The van der Waals surface area contributed by atoms with Crippen molar-refractivity contribution in [1.29, 1.82) is 0 Å². The van der Waals surface area contributed by atoms with Crippen molar-refractivity contribution in [2.75, 3.05) is 5.75 Å². The zero-order valence-electron chi connectivity index (χ0n) is 30.7. The fraction of sp³-hybridized carbons (Fsp3) is 0.775. The van der Waals surface area contributed by atoms with Gasteiger partial charge in [0.2, 0.25) is 5.91 Å². The molecule has 0 aromatic carbocycles. The minimum absolute atomic E-state index is 0.260. The Morgan fingerprint density at radius 1 is 0.583 bits per heavy atom. The predicted octanol–water partition coefficient (Wildman–Crippen LogP) is 10.1. The Labute approximate surface area is 295 Å². The molecule has 0 rings (SSSR count). The van der Waals surface area contributed by atoms with Crippen molar-refractivity contribution in [1.82, 2.24) is 5.32 Å². The van der Waals surface area contributed by atoms with Gasteiger partial charge in [-0.3, -0.25) is 9.35 Å². The monoisotopic (exact) mass is 696 g/mol. The number of aliphatic hydroxyl groups excluding tert-OH is 2. The summed E-state index contributed by atoms with van der Waals surface area (Å²) in [5.41, 5.74) is 0. The molecule has 0 aromatic heterocycles. The SMILES string of the molecule is CCCCC/C=C/CC/C=C/C(O)C(CS(=O)(=O)O)NC(=O)C(O)CCCCCCCC/C=C\C/C=C\CCCCCCCCCCC. The number of rotatable bonds is 34. The Bertz CT molecular complexity index is 959. The summed E-state index contributed by atoms with van der Waals surface area (Å²) in [6.07, 6.45) is 41.9. The second kappa shape index (κ2) is 33.7. The fourth-order valence-corrected chi connectivity index (χ4v) is 6.29. The molecular weight excluding hydrogens is 623 g/mol. The minimum atomic E-state index is -4.45. The number of nitrogens with one attached hydrogen (secondary N) is 1. The van der Waals surface area contributed by atoms with E-state index >= 15 is 0 Å². The first-order chi connectivity index (χ1) is 23.2. The van der Waals surface area contributed by atoms with E-state index in [9.17, 15) is 28.0 Å². The van der Waals surface area contributed by atoms with Crippen LogP contribution in [-0.4, -0.2) is 53.1 Å². The van der Waals surface area contributed by atoms with Gasteiger partial charge in [0.1, 0.15) is 6.10 Å². The third-order valence-corrected chi connectivity index (χ3v) is 9.37. The van der Waals surface area contributed by atoms with Gasteiger partial charge in [-0.1, -0.05) is 159 Å². The van der Waals surface area contributed by atoms with Gasteiger partial charge >= 0.3 is 0 Å². The summed E-state index contributed by atoms with van der Waals surface area (Å²) in [4.78, 5) is 12.5. The van der Waals surface area contributed by atoms with Crippen LogP contribution in [0.3, 0.4) is 0 Å². The highest BCUT2D eigenvalue weighted by molar-refractivity contribution is 7.85. The molecule has 8 heteroatoms. The van der Waals surface area contributed by atoms with Gasteiger partial charge in [-0.05, 0) is 64.2 Å². The lowest BCUT2D eigenvalue weighted by atomic mass is 10.0. The Kier molecular flexibility index (Phi) is 32.5. The number of allylic oxidation sites excluding steroid dienone is 7. The van der Waals surface area contributed by atoms with Gasteiger partial charge in [-0.2, -0.15) is 8.42 Å². The van der Waals surface area contributed by atoms with Crippen LogP contribution in [0.15, 0.2) is 48.6 Å². The Balaban J connectivity index is 4.01. The van der Waals surface area contributed by atoms with Crippen LogP contribution in [0.4, 0.5) is 0 Å². The highest BCUT2D eigenvalue weighted by Crippen LogP contribution is 2.13. The third-order valence-electron chi connectivity index (χ3n) is 8.59. The molecule has 0 fully saturated rings. The average molecular weight is 696 g/mol. The van der Waals surface area contributed by atoms with E-state index in [2.05, 4.69) is 55.6 Å². The van der Waals surface area contributed by atoms with Gasteiger partial charge in [0, 0.05) is 0 Å². The van der Waals surface area contributed by atoms with E-state index in [4.69, 9.17) is 0 Å². The number of aliphatic hydroxyl groups is 2. The molecule has 0 heterocycles. The van der Waals surface area contributed by atoms with Crippen LogP contribution >= 0.6 is 0 Å². The van der Waals surface area contributed by atoms with Crippen LogP contribution in [-0.2, 0) is 14.9 Å². The van der Waals surface area contributed by atoms with E-state index in [1.54, 1.807) is 6.08 Å². The summed E-state index contributed by atoms with van der Waals surface area (Å²) >= 11 is 0. The van der Waals surface area contributed by atoms with E-state index < -0.39 is 40.0 Å². The summed E-state index contributed by atoms with van der Waals surface area (Å²) in [7, 11) is -4.45. The first kappa shape index (κ1) is 46.3. The molecule has 0 aliphatic heterocycles. The normalized spacial score (nSPS) is 14.5. The van der Waals surface area contributed by atoms with Crippen LogP contribution in [0.25, 0.3) is 0 Å². The molecule has 4 N–H and O–H groups in total. The number of hydrogen-bond acceptors (Lipinski definition) is 5. The average Bonchev–Trinajstić information content (AvgIpc) is 3.05. The quantitative estimate of drug-likeness (QED) is 0.0302. The molecule has 0 saturated heterocycles. The third kappa shape index (κ3) is 32.8. The van der Waals surface area contributed by atoms with E-state index in [0.29, 0.717) is 12.8 Å². The zero-order valence-corrected chi connectivity index (χ0v) is 31.5. The molecule has 7 nitrogen and oxygen atoms in total. The minimum Gasteiger partial charge on any atom is -0.387 e. The lowest BCUT2D eigenvalue weighted by Crippen LogP contribution is -2.50. The molecule has 0 spiro atoms. The van der Waals surface area contributed by atoms with Crippen molar-refractivity contribution in [2.24, 2.45) is 0 Å². The lowest BCUT2D eigenvalue weighted by molar-refractivity contribution is -0.130. The number of carbonyl (C=O) groups excluding carboxylic acids is 1. The van der Waals surface area contributed by atoms with Crippen LogP contribution in [0.5, 0.6) is 0 Å². The first-order valence-electron chi connectivity index (χ1n) is 19.4. The molecule has 0 aliphatic rings. The molecule has 0 radical (unpaired) electrons. The molecule has 0 saturated carbocycles. The summed E-state index contributed by atoms with van der Waals surface area (Å²) in [6.45, 7) is 4.43. The molecule has 0 bridgehead atoms. The van der Waals surface area contributed by atoms with Crippen LogP contribution in [0, 0.1) is 0 Å². The number of carbonyl (C=O) groups is 1. The maximum atomic E-state index is 12.5. The summed E-state index contributed by atoms with van der Waals surface area (Å²) < 4.78 is 32.3. The topological polar surface area (TPSA) is 124 Å². The maximum absolute atomic E-state index is 12.5. The van der Waals surface area contributed by atoms with Gasteiger partial charge in [-0.15, -0.1) is 0 Å². The maximum Gasteiger partial charge on any atom is 0.267 e. The van der Waals surface area contributed by atoms with Crippen molar-refractivity contribution in [3.63, 3.8) is 0 Å². The van der Waals surface area contributed by atoms with Gasteiger partial charge in [0.25, 0.3) is 10.1 Å². The highest BCUT2D eigenvalue weighted by atomic mass is 32.2. The molecule has 3 atom stereocenters. The molecule has 48 heavy (non-hydrogen) atoms. The highest BCUT2D eigenvalue weighted by Gasteiger charge is 2.27. The zero-order chi connectivity index (χ0) is 35.6. The van der Waals surface area contributed by atoms with E-state index in [0.717, 1.165) is 57.8 Å². The van der Waals surface area contributed by atoms with E-state index in [1.807, 2.05) is 0 Å². The van der Waals surface area contributed by atoms with Crippen molar-refractivity contribution in [3.8, 4) is 0 Å². The Morgan fingerprint density at radius 2 is 1.00 bits per heavy atom. The molecule has 0 aliphatic carbocycles. The number of unbranched alkanes of at least 4 members (excludes halogenated alkanes) is 19. The first-order valence-corrected chi connectivity index (χ1v) is 21.1. The van der Waals surface area contributed by atoms with Crippen LogP contribution in [0.1, 0.15) is 174 Å². The second-order valence-electron chi connectivity index (χ2n) is 13.3. The van der Waals surface area contributed by atoms with Gasteiger partial charge < -0.3 is 15.5 Å². The van der Waals surface area contributed by atoms with Crippen LogP contribution < -0.4 is 5.32 Å². The fourth-order valence-electron chi connectivity index (χ4n) is 5.56. The van der Waals surface area contributed by atoms with Gasteiger partial charge in [0.05, 0.1) is 17.9 Å².